The largest absolute Gasteiger partial charge is 0.460 e. The second-order valence-electron chi connectivity index (χ2n) is 10.9. The second kappa shape index (κ2) is 9.71. The van der Waals surface area contributed by atoms with E-state index in [1.165, 1.54) is 0 Å². The molecule has 0 bridgehead atoms. The maximum atomic E-state index is 11.4. The second-order valence-corrected chi connectivity index (χ2v) is 16.3. The van der Waals surface area contributed by atoms with Crippen molar-refractivity contribution in [3.05, 3.63) is 6.33 Å². The third kappa shape index (κ3) is 4.34. The molecule has 10 heteroatoms. The van der Waals surface area contributed by atoms with Crippen LogP contribution in [0.1, 0.15) is 80.4 Å². The lowest BCUT2D eigenvalue weighted by molar-refractivity contribution is -0.0299. The smallest absolute Gasteiger partial charge is 0.320 e. The van der Waals surface area contributed by atoms with E-state index in [1.807, 2.05) is 6.92 Å². The van der Waals surface area contributed by atoms with Gasteiger partial charge in [0.2, 0.25) is 8.32 Å². The van der Waals surface area contributed by atoms with Gasteiger partial charge in [-0.1, -0.05) is 41.5 Å². The number of hydrogen-bond donors (Lipinski definition) is 2. The fourth-order valence-electron chi connectivity index (χ4n) is 6.17. The summed E-state index contributed by atoms with van der Waals surface area (Å²) in [5, 5.41) is 11.4. The minimum absolute atomic E-state index is 0.112. The molecule has 34 heavy (non-hydrogen) atoms. The summed E-state index contributed by atoms with van der Waals surface area (Å²) in [5.41, 5.74) is 8.37. The summed E-state index contributed by atoms with van der Waals surface area (Å²) in [6.07, 6.45) is 3.73. The molecule has 0 aromatic carbocycles. The molecule has 2 aromatic rings. The van der Waals surface area contributed by atoms with Gasteiger partial charge in [-0.15, -0.1) is 0 Å². The van der Waals surface area contributed by atoms with E-state index < -0.39 is 26.8 Å². The summed E-state index contributed by atoms with van der Waals surface area (Å²) in [5.74, 6) is 0.260. The number of aromatic nitrogens is 4. The van der Waals surface area contributed by atoms with Crippen molar-refractivity contribution >= 4 is 25.3 Å². The highest BCUT2D eigenvalue weighted by Crippen LogP contribution is 2.46. The molecule has 0 spiro atoms. The highest BCUT2D eigenvalue weighted by molar-refractivity contribution is 6.77. The van der Waals surface area contributed by atoms with Crippen molar-refractivity contribution in [1.82, 2.24) is 19.5 Å². The van der Waals surface area contributed by atoms with Crippen LogP contribution in [-0.2, 0) is 9.16 Å². The maximum Gasteiger partial charge on any atom is 0.320 e. The number of aliphatic hydroxyl groups excluding tert-OH is 1. The number of nitrogen functional groups attached to an aromatic ring is 1. The molecule has 0 amide bonds. The van der Waals surface area contributed by atoms with Crippen LogP contribution >= 0.6 is 0 Å². The summed E-state index contributed by atoms with van der Waals surface area (Å²) in [6, 6.07) is 0.248. The lowest BCUT2D eigenvalue weighted by Gasteiger charge is -2.45. The van der Waals surface area contributed by atoms with E-state index in [0.29, 0.717) is 27.8 Å². The Morgan fingerprint density at radius 3 is 2.29 bits per heavy atom. The Morgan fingerprint density at radius 1 is 1.09 bits per heavy atom. The van der Waals surface area contributed by atoms with Crippen molar-refractivity contribution in [2.75, 3.05) is 5.73 Å². The molecular formula is C24H41N5O4Si. The van der Waals surface area contributed by atoms with Gasteiger partial charge in [-0.05, 0) is 49.2 Å². The van der Waals surface area contributed by atoms with Gasteiger partial charge in [0.05, 0.1) is 12.4 Å². The first kappa shape index (κ1) is 25.3. The van der Waals surface area contributed by atoms with Crippen molar-refractivity contribution in [3.8, 4) is 6.01 Å². The number of aliphatic hydroxyl groups is 1. The fourth-order valence-corrected chi connectivity index (χ4v) is 11.8. The molecule has 2 fully saturated rings. The molecule has 2 aromatic heterocycles. The Bertz CT molecular complexity index is 969. The van der Waals surface area contributed by atoms with E-state index in [2.05, 4.69) is 56.5 Å². The Balaban J connectivity index is 1.64. The molecule has 190 valence electrons. The van der Waals surface area contributed by atoms with Crippen LogP contribution in [0, 0.1) is 0 Å². The monoisotopic (exact) mass is 491 g/mol. The molecule has 1 saturated heterocycles. The number of rotatable bonds is 8. The molecule has 1 aliphatic carbocycles. The van der Waals surface area contributed by atoms with Crippen molar-refractivity contribution in [3.63, 3.8) is 0 Å². The Hall–Kier alpha value is -1.75. The lowest BCUT2D eigenvalue weighted by Crippen LogP contribution is -2.53. The van der Waals surface area contributed by atoms with Gasteiger partial charge in [0.25, 0.3) is 0 Å². The summed E-state index contributed by atoms with van der Waals surface area (Å²) < 4.78 is 20.9. The van der Waals surface area contributed by atoms with E-state index in [1.54, 1.807) is 10.9 Å². The van der Waals surface area contributed by atoms with Gasteiger partial charge in [0.15, 0.2) is 23.2 Å². The minimum Gasteiger partial charge on any atom is -0.460 e. The van der Waals surface area contributed by atoms with Gasteiger partial charge >= 0.3 is 6.01 Å². The van der Waals surface area contributed by atoms with Crippen molar-refractivity contribution in [1.29, 1.82) is 0 Å². The SMILES string of the molecule is CC(C)[Si](O[C@H]1[C@@H](O)[C@H](n2cnc3c(N)nc(OC4CCCC4)nc32)O[C@@H]1C)(C(C)C)C(C)C. The number of nitrogens with two attached hydrogens (primary N) is 1. The zero-order chi connectivity index (χ0) is 24.8. The predicted octanol–water partition coefficient (Wildman–Crippen LogP) is 4.57. The fraction of sp³-hybridized carbons (Fsp3) is 0.792. The first-order valence-electron chi connectivity index (χ1n) is 12.7. The summed E-state index contributed by atoms with van der Waals surface area (Å²) in [7, 11) is -2.21. The molecule has 3 N–H and O–H groups in total. The summed E-state index contributed by atoms with van der Waals surface area (Å²) in [4.78, 5) is 13.3. The van der Waals surface area contributed by atoms with Crippen LogP contribution in [0.3, 0.4) is 0 Å². The summed E-state index contributed by atoms with van der Waals surface area (Å²) in [6.45, 7) is 15.4. The highest BCUT2D eigenvalue weighted by atomic mass is 28.4. The molecule has 2 aliphatic rings. The highest BCUT2D eigenvalue weighted by Gasteiger charge is 2.52. The molecule has 0 unspecified atom stereocenters. The van der Waals surface area contributed by atoms with E-state index in [9.17, 15) is 5.11 Å². The molecule has 3 heterocycles. The normalized spacial score (nSPS) is 26.6. The van der Waals surface area contributed by atoms with Crippen LogP contribution < -0.4 is 10.5 Å². The topological polar surface area (TPSA) is 118 Å². The molecule has 4 rings (SSSR count). The molecular weight excluding hydrogens is 450 g/mol. The van der Waals surface area contributed by atoms with E-state index in [0.717, 1.165) is 25.7 Å². The Labute approximate surface area is 203 Å². The number of ether oxygens (including phenoxy) is 2. The van der Waals surface area contributed by atoms with E-state index in [-0.39, 0.29) is 24.0 Å². The lowest BCUT2D eigenvalue weighted by atomic mass is 10.1. The number of imidazole rings is 1. The average molecular weight is 492 g/mol. The number of fused-ring (bicyclic) bond motifs is 1. The third-order valence-electron chi connectivity index (χ3n) is 7.77. The van der Waals surface area contributed by atoms with Crippen LogP contribution in [0.4, 0.5) is 5.82 Å². The van der Waals surface area contributed by atoms with Gasteiger partial charge < -0.3 is 24.7 Å². The van der Waals surface area contributed by atoms with Crippen LogP contribution in [0.2, 0.25) is 16.6 Å². The van der Waals surface area contributed by atoms with Crippen molar-refractivity contribution in [2.24, 2.45) is 0 Å². The third-order valence-corrected chi connectivity index (χ3v) is 13.9. The van der Waals surface area contributed by atoms with Crippen molar-refractivity contribution in [2.45, 2.75) is 121 Å². The molecule has 4 atom stereocenters. The van der Waals surface area contributed by atoms with Gasteiger partial charge in [0, 0.05) is 0 Å². The Morgan fingerprint density at radius 2 is 1.71 bits per heavy atom. The van der Waals surface area contributed by atoms with Crippen LogP contribution in [0.5, 0.6) is 6.01 Å². The zero-order valence-electron chi connectivity index (χ0n) is 21.6. The maximum absolute atomic E-state index is 11.4. The number of nitrogens with zero attached hydrogens (tertiary/aromatic N) is 4. The van der Waals surface area contributed by atoms with Crippen LogP contribution in [0.25, 0.3) is 11.2 Å². The van der Waals surface area contributed by atoms with Crippen molar-refractivity contribution < 1.29 is 19.0 Å². The van der Waals surface area contributed by atoms with E-state index >= 15 is 0 Å². The standard InChI is InChI=1S/C24H41N5O4Si/c1-13(2)34(14(3)4,15(5)6)33-20-16(7)31-23(19(20)30)29-12-26-18-21(25)27-24(28-22(18)29)32-17-10-8-9-11-17/h12-17,19-20,23,30H,8-11H2,1-7H3,(H2,25,27,28)/t16-,19-,20-,23-/m1/s1. The van der Waals surface area contributed by atoms with Gasteiger partial charge in [-0.3, -0.25) is 4.57 Å². The summed E-state index contributed by atoms with van der Waals surface area (Å²) >= 11 is 0. The first-order valence-corrected chi connectivity index (χ1v) is 14.9. The van der Waals surface area contributed by atoms with Crippen LogP contribution in [0.15, 0.2) is 6.33 Å². The van der Waals surface area contributed by atoms with E-state index in [4.69, 9.17) is 19.6 Å². The van der Waals surface area contributed by atoms with Crippen LogP contribution in [-0.4, -0.2) is 57.4 Å². The number of hydrogen-bond acceptors (Lipinski definition) is 8. The number of anilines is 1. The van der Waals surface area contributed by atoms with Gasteiger partial charge in [-0.25, -0.2) is 4.98 Å². The van der Waals surface area contributed by atoms with Gasteiger partial charge in [0.1, 0.15) is 18.3 Å². The molecule has 9 nitrogen and oxygen atoms in total. The zero-order valence-corrected chi connectivity index (χ0v) is 22.6. The quantitative estimate of drug-likeness (QED) is 0.516. The molecule has 0 radical (unpaired) electrons. The average Bonchev–Trinajstić information content (AvgIpc) is 3.46. The first-order chi connectivity index (χ1) is 16.1. The van der Waals surface area contributed by atoms with Gasteiger partial charge in [-0.2, -0.15) is 9.97 Å². The Kier molecular flexibility index (Phi) is 7.24. The molecule has 1 aliphatic heterocycles. The minimum atomic E-state index is -2.21. The molecule has 1 saturated carbocycles. The predicted molar refractivity (Wildman–Crippen MR) is 134 cm³/mol.